The van der Waals surface area contributed by atoms with Gasteiger partial charge in [-0.2, -0.15) is 0 Å². The van der Waals surface area contributed by atoms with Gasteiger partial charge in [0.05, 0.1) is 22.9 Å². The van der Waals surface area contributed by atoms with Crippen LogP contribution in [0.1, 0.15) is 17.3 Å². The Labute approximate surface area is 107 Å². The van der Waals surface area contributed by atoms with E-state index in [0.717, 1.165) is 11.0 Å². The number of carbonyl (C=O) groups is 1. The number of hydrogen-bond acceptors (Lipinski definition) is 3. The molecule has 2 heterocycles. The molecule has 2 aromatic heterocycles. The molecule has 2 N–H and O–H groups in total. The molecule has 3 aromatic rings. The van der Waals surface area contributed by atoms with Crippen molar-refractivity contribution in [1.82, 2.24) is 14.5 Å². The molecule has 96 valence electrons. The van der Waals surface area contributed by atoms with Crippen LogP contribution in [0.15, 0.2) is 29.5 Å². The van der Waals surface area contributed by atoms with Crippen molar-refractivity contribution in [3.05, 3.63) is 40.4 Å². The lowest BCUT2D eigenvalue weighted by Gasteiger charge is -2.09. The van der Waals surface area contributed by atoms with Crippen LogP contribution < -0.4 is 5.43 Å². The van der Waals surface area contributed by atoms with Crippen molar-refractivity contribution in [2.24, 2.45) is 0 Å². The molecule has 0 spiro atoms. The highest BCUT2D eigenvalue weighted by atomic mass is 16.4. The highest BCUT2D eigenvalue weighted by Crippen LogP contribution is 2.19. The third kappa shape index (κ3) is 1.61. The summed E-state index contributed by atoms with van der Waals surface area (Å²) in [5.41, 5.74) is 1.47. The number of nitrogens with one attached hydrogen (secondary N) is 1. The maximum atomic E-state index is 12.2. The second-order valence-electron chi connectivity index (χ2n) is 4.25. The molecule has 0 atom stereocenters. The summed E-state index contributed by atoms with van der Waals surface area (Å²) in [6.45, 7) is 2.47. The third-order valence-corrected chi connectivity index (χ3v) is 3.19. The number of hydrogen-bond donors (Lipinski definition) is 2. The summed E-state index contributed by atoms with van der Waals surface area (Å²) in [6, 6.07) is 3.44. The second kappa shape index (κ2) is 3.94. The van der Waals surface area contributed by atoms with E-state index in [1.807, 2.05) is 6.92 Å². The zero-order valence-electron chi connectivity index (χ0n) is 10.2. The van der Waals surface area contributed by atoms with Gasteiger partial charge in [0.15, 0.2) is 0 Å². The van der Waals surface area contributed by atoms with Gasteiger partial charge in [-0.25, -0.2) is 9.78 Å². The average molecular weight is 257 g/mol. The zero-order valence-corrected chi connectivity index (χ0v) is 10.2. The molecule has 0 fully saturated rings. The van der Waals surface area contributed by atoms with E-state index in [1.54, 1.807) is 23.0 Å². The molecule has 19 heavy (non-hydrogen) atoms. The van der Waals surface area contributed by atoms with E-state index in [9.17, 15) is 9.59 Å². The number of aromatic amines is 1. The fraction of sp³-hybridized carbons (Fsp3) is 0.154. The van der Waals surface area contributed by atoms with Gasteiger partial charge in [0, 0.05) is 18.1 Å². The second-order valence-corrected chi connectivity index (χ2v) is 4.25. The van der Waals surface area contributed by atoms with Crippen molar-refractivity contribution in [2.45, 2.75) is 13.5 Å². The molecular weight excluding hydrogens is 246 g/mol. The molecule has 3 rings (SSSR count). The Kier molecular flexibility index (Phi) is 2.38. The lowest BCUT2D eigenvalue weighted by atomic mass is 10.1. The first-order valence-electron chi connectivity index (χ1n) is 5.85. The van der Waals surface area contributed by atoms with Crippen molar-refractivity contribution >= 4 is 27.9 Å². The number of imidazole rings is 1. The van der Waals surface area contributed by atoms with Gasteiger partial charge in [-0.05, 0) is 19.1 Å². The van der Waals surface area contributed by atoms with E-state index in [1.165, 1.54) is 6.20 Å². The van der Waals surface area contributed by atoms with E-state index < -0.39 is 11.4 Å². The lowest BCUT2D eigenvalue weighted by molar-refractivity contribution is 0.0695. The first kappa shape index (κ1) is 11.5. The van der Waals surface area contributed by atoms with Gasteiger partial charge in [-0.15, -0.1) is 0 Å². The Morgan fingerprint density at radius 2 is 2.26 bits per heavy atom. The van der Waals surface area contributed by atoms with Crippen LogP contribution in [0.2, 0.25) is 0 Å². The minimum Gasteiger partial charge on any atom is -0.477 e. The van der Waals surface area contributed by atoms with Gasteiger partial charge >= 0.3 is 5.97 Å². The Hall–Kier alpha value is -2.63. The van der Waals surface area contributed by atoms with Crippen LogP contribution in [0.25, 0.3) is 21.9 Å². The number of carboxylic acids is 1. The summed E-state index contributed by atoms with van der Waals surface area (Å²) in [4.78, 5) is 30.4. The Bertz CT molecular complexity index is 861. The number of rotatable bonds is 2. The average Bonchev–Trinajstić information content (AvgIpc) is 2.84. The summed E-state index contributed by atoms with van der Waals surface area (Å²) in [5.74, 6) is -1.21. The summed E-state index contributed by atoms with van der Waals surface area (Å²) in [7, 11) is 0. The van der Waals surface area contributed by atoms with E-state index in [0.29, 0.717) is 17.4 Å². The molecule has 0 aliphatic carbocycles. The van der Waals surface area contributed by atoms with Crippen LogP contribution in [0.3, 0.4) is 0 Å². The van der Waals surface area contributed by atoms with Crippen LogP contribution >= 0.6 is 0 Å². The van der Waals surface area contributed by atoms with Crippen LogP contribution in [0.5, 0.6) is 0 Å². The van der Waals surface area contributed by atoms with E-state index in [-0.39, 0.29) is 5.56 Å². The van der Waals surface area contributed by atoms with Crippen molar-refractivity contribution < 1.29 is 9.90 Å². The zero-order chi connectivity index (χ0) is 13.6. The molecule has 0 aliphatic heterocycles. The van der Waals surface area contributed by atoms with Crippen LogP contribution in [-0.4, -0.2) is 25.6 Å². The predicted molar refractivity (Wildman–Crippen MR) is 70.5 cm³/mol. The molecule has 0 unspecified atom stereocenters. The lowest BCUT2D eigenvalue weighted by Crippen LogP contribution is -2.18. The number of aryl methyl sites for hydroxylation is 1. The van der Waals surface area contributed by atoms with E-state index in [2.05, 4.69) is 9.97 Å². The molecule has 0 radical (unpaired) electrons. The maximum absolute atomic E-state index is 12.2. The van der Waals surface area contributed by atoms with Gasteiger partial charge < -0.3 is 14.7 Å². The van der Waals surface area contributed by atoms with Gasteiger partial charge in [0.1, 0.15) is 5.56 Å². The topological polar surface area (TPSA) is 88.0 Å². The van der Waals surface area contributed by atoms with Crippen LogP contribution in [-0.2, 0) is 6.54 Å². The number of pyridine rings is 1. The number of aromatic nitrogens is 3. The van der Waals surface area contributed by atoms with Gasteiger partial charge in [0.2, 0.25) is 5.43 Å². The van der Waals surface area contributed by atoms with Crippen LogP contribution in [0.4, 0.5) is 0 Å². The molecule has 0 bridgehead atoms. The Morgan fingerprint density at radius 3 is 2.95 bits per heavy atom. The molecule has 0 saturated carbocycles. The molecule has 1 aromatic carbocycles. The van der Waals surface area contributed by atoms with E-state index >= 15 is 0 Å². The largest absolute Gasteiger partial charge is 0.477 e. The number of benzene rings is 1. The highest BCUT2D eigenvalue weighted by molar-refractivity contribution is 5.97. The number of fused-ring (bicyclic) bond motifs is 2. The monoisotopic (exact) mass is 257 g/mol. The van der Waals surface area contributed by atoms with Crippen molar-refractivity contribution in [3.8, 4) is 0 Å². The first-order chi connectivity index (χ1) is 9.11. The van der Waals surface area contributed by atoms with Gasteiger partial charge in [-0.3, -0.25) is 4.79 Å². The molecule has 6 nitrogen and oxygen atoms in total. The third-order valence-electron chi connectivity index (χ3n) is 3.19. The normalized spacial score (nSPS) is 11.2. The smallest absolute Gasteiger partial charge is 0.341 e. The van der Waals surface area contributed by atoms with Gasteiger partial charge in [0.25, 0.3) is 0 Å². The Balaban J connectivity index is 2.54. The van der Waals surface area contributed by atoms with E-state index in [4.69, 9.17) is 5.11 Å². The predicted octanol–water partition coefficient (Wildman–Crippen LogP) is 1.60. The molecule has 6 heteroatoms. The van der Waals surface area contributed by atoms with Crippen LogP contribution in [0, 0.1) is 0 Å². The number of H-pyrrole nitrogens is 1. The summed E-state index contributed by atoms with van der Waals surface area (Å²) < 4.78 is 1.74. The Morgan fingerprint density at radius 1 is 1.47 bits per heavy atom. The minimum absolute atomic E-state index is 0.215. The molecule has 0 amide bonds. The summed E-state index contributed by atoms with van der Waals surface area (Å²) in [6.07, 6.45) is 2.92. The fourth-order valence-corrected chi connectivity index (χ4v) is 2.23. The first-order valence-corrected chi connectivity index (χ1v) is 5.85. The van der Waals surface area contributed by atoms with Crippen molar-refractivity contribution in [2.75, 3.05) is 0 Å². The summed E-state index contributed by atoms with van der Waals surface area (Å²) in [5, 5.41) is 9.47. The SMILES string of the molecule is CCn1cc(C(=O)O)c(=O)c2cc3[nH]cnc3cc21. The molecular formula is C13H11N3O3. The molecule has 0 saturated heterocycles. The van der Waals surface area contributed by atoms with Gasteiger partial charge in [-0.1, -0.05) is 0 Å². The molecule has 0 aliphatic rings. The number of carboxylic acid groups (broad SMARTS) is 1. The number of aromatic carboxylic acids is 1. The quantitative estimate of drug-likeness (QED) is 0.729. The van der Waals surface area contributed by atoms with Crippen molar-refractivity contribution in [1.29, 1.82) is 0 Å². The summed E-state index contributed by atoms with van der Waals surface area (Å²) >= 11 is 0. The van der Waals surface area contributed by atoms with Crippen molar-refractivity contribution in [3.63, 3.8) is 0 Å². The standard InChI is InChI=1S/C13H11N3O3/c1-2-16-5-8(13(18)19)12(17)7-3-9-10(4-11(7)16)15-6-14-9/h3-6H,2H2,1H3,(H,14,15)(H,18,19). The number of nitrogens with zero attached hydrogens (tertiary/aromatic N) is 2. The minimum atomic E-state index is -1.21. The fourth-order valence-electron chi connectivity index (χ4n) is 2.23. The maximum Gasteiger partial charge on any atom is 0.341 e. The highest BCUT2D eigenvalue weighted by Gasteiger charge is 2.15.